The van der Waals surface area contributed by atoms with Crippen molar-refractivity contribution in [1.82, 2.24) is 4.98 Å². The lowest BCUT2D eigenvalue weighted by Crippen LogP contribution is -2.21. The molecule has 2 heterocycles. The lowest BCUT2D eigenvalue weighted by atomic mass is 10.2. The van der Waals surface area contributed by atoms with Gasteiger partial charge >= 0.3 is 0 Å². The molecule has 3 rings (SSSR count). The Bertz CT molecular complexity index is 895. The number of sulfone groups is 1. The molecular formula is C18H22N4O3S. The highest BCUT2D eigenvalue weighted by atomic mass is 32.2. The standard InChI is InChI=1S/C18H22N4O3S/c1-22(2)17-5-3-14(4-6-17)21-18(23)13-9-16(11-19-10-13)20-15-7-8-26(24,25)12-15/h3-6,9-11,15,20H,7-8,12H2,1-2H3,(H,21,23). The molecule has 8 heteroatoms. The van der Waals surface area contributed by atoms with Crippen LogP contribution in [0.5, 0.6) is 0 Å². The summed E-state index contributed by atoms with van der Waals surface area (Å²) in [5, 5.41) is 5.99. The van der Waals surface area contributed by atoms with Crippen LogP contribution in [0.4, 0.5) is 17.1 Å². The van der Waals surface area contributed by atoms with Gasteiger partial charge < -0.3 is 15.5 Å². The molecule has 1 aromatic carbocycles. The number of rotatable bonds is 5. The van der Waals surface area contributed by atoms with Gasteiger partial charge in [0.25, 0.3) is 5.91 Å². The SMILES string of the molecule is CN(C)c1ccc(NC(=O)c2cncc(NC3CCS(=O)(=O)C3)c2)cc1. The highest BCUT2D eigenvalue weighted by Crippen LogP contribution is 2.19. The van der Waals surface area contributed by atoms with Crippen molar-refractivity contribution in [2.75, 3.05) is 41.1 Å². The molecule has 1 atom stereocenters. The van der Waals surface area contributed by atoms with Crippen molar-refractivity contribution in [1.29, 1.82) is 0 Å². The molecule has 138 valence electrons. The van der Waals surface area contributed by atoms with Crippen LogP contribution >= 0.6 is 0 Å². The van der Waals surface area contributed by atoms with E-state index in [1.165, 1.54) is 6.20 Å². The van der Waals surface area contributed by atoms with Gasteiger partial charge in [-0.25, -0.2) is 8.42 Å². The Kier molecular flexibility index (Phi) is 5.13. The molecule has 1 aliphatic rings. The Morgan fingerprint density at radius 1 is 1.15 bits per heavy atom. The second-order valence-electron chi connectivity index (χ2n) is 6.60. The molecule has 1 saturated heterocycles. The molecule has 0 radical (unpaired) electrons. The van der Waals surface area contributed by atoms with Crippen molar-refractivity contribution in [2.24, 2.45) is 0 Å². The maximum absolute atomic E-state index is 12.4. The summed E-state index contributed by atoms with van der Waals surface area (Å²) in [6, 6.07) is 9.07. The fraction of sp³-hybridized carbons (Fsp3) is 0.333. The summed E-state index contributed by atoms with van der Waals surface area (Å²) in [5.74, 6) is 0.0425. The van der Waals surface area contributed by atoms with Gasteiger partial charge in [0.15, 0.2) is 9.84 Å². The van der Waals surface area contributed by atoms with E-state index in [4.69, 9.17) is 0 Å². The average molecular weight is 374 g/mol. The predicted octanol–water partition coefficient (Wildman–Crippen LogP) is 2.00. The summed E-state index contributed by atoms with van der Waals surface area (Å²) in [6.07, 6.45) is 3.64. The lowest BCUT2D eigenvalue weighted by molar-refractivity contribution is 0.102. The van der Waals surface area contributed by atoms with Crippen LogP contribution in [0.3, 0.4) is 0 Å². The van der Waals surface area contributed by atoms with Crippen LogP contribution in [-0.4, -0.2) is 51.0 Å². The number of hydrogen-bond donors (Lipinski definition) is 2. The van der Waals surface area contributed by atoms with E-state index >= 15 is 0 Å². The Labute approximate surface area is 153 Å². The molecule has 0 aliphatic carbocycles. The summed E-state index contributed by atoms with van der Waals surface area (Å²) in [7, 11) is 0.945. The molecule has 7 nitrogen and oxygen atoms in total. The van der Waals surface area contributed by atoms with E-state index in [1.807, 2.05) is 43.3 Å². The number of pyridine rings is 1. The summed E-state index contributed by atoms with van der Waals surface area (Å²) in [5.41, 5.74) is 2.79. The van der Waals surface area contributed by atoms with Gasteiger partial charge in [-0.3, -0.25) is 9.78 Å². The average Bonchev–Trinajstić information content (AvgIpc) is 2.94. The smallest absolute Gasteiger partial charge is 0.257 e. The zero-order valence-electron chi connectivity index (χ0n) is 14.8. The van der Waals surface area contributed by atoms with Crippen molar-refractivity contribution in [3.05, 3.63) is 48.3 Å². The maximum Gasteiger partial charge on any atom is 0.257 e. The second kappa shape index (κ2) is 7.33. The number of benzene rings is 1. The minimum Gasteiger partial charge on any atom is -0.380 e. The molecule has 1 aromatic heterocycles. The van der Waals surface area contributed by atoms with Crippen LogP contribution in [0.15, 0.2) is 42.7 Å². The van der Waals surface area contributed by atoms with Crippen molar-refractivity contribution in [3.8, 4) is 0 Å². The van der Waals surface area contributed by atoms with E-state index in [2.05, 4.69) is 15.6 Å². The van der Waals surface area contributed by atoms with Gasteiger partial charge in [-0.2, -0.15) is 0 Å². The Morgan fingerprint density at radius 3 is 2.50 bits per heavy atom. The van der Waals surface area contributed by atoms with E-state index in [0.717, 1.165) is 5.69 Å². The van der Waals surface area contributed by atoms with Crippen molar-refractivity contribution in [2.45, 2.75) is 12.5 Å². The highest BCUT2D eigenvalue weighted by Gasteiger charge is 2.27. The van der Waals surface area contributed by atoms with Crippen LogP contribution in [0.2, 0.25) is 0 Å². The van der Waals surface area contributed by atoms with Crippen molar-refractivity contribution >= 4 is 32.8 Å². The molecule has 2 N–H and O–H groups in total. The summed E-state index contributed by atoms with van der Waals surface area (Å²) in [6.45, 7) is 0. The van der Waals surface area contributed by atoms with E-state index in [0.29, 0.717) is 23.4 Å². The molecular weight excluding hydrogens is 352 g/mol. The number of anilines is 3. The lowest BCUT2D eigenvalue weighted by Gasteiger charge is -2.14. The zero-order valence-corrected chi connectivity index (χ0v) is 15.6. The Balaban J connectivity index is 1.66. The Hall–Kier alpha value is -2.61. The largest absolute Gasteiger partial charge is 0.380 e. The maximum atomic E-state index is 12.4. The number of hydrogen-bond acceptors (Lipinski definition) is 6. The molecule has 0 bridgehead atoms. The first kappa shape index (κ1) is 18.2. The summed E-state index contributed by atoms with van der Waals surface area (Å²) < 4.78 is 23.1. The van der Waals surface area contributed by atoms with Crippen LogP contribution < -0.4 is 15.5 Å². The molecule has 1 fully saturated rings. The predicted molar refractivity (Wildman–Crippen MR) is 104 cm³/mol. The highest BCUT2D eigenvalue weighted by molar-refractivity contribution is 7.91. The van der Waals surface area contributed by atoms with E-state index < -0.39 is 9.84 Å². The quantitative estimate of drug-likeness (QED) is 0.832. The van der Waals surface area contributed by atoms with Gasteiger partial charge in [-0.05, 0) is 36.8 Å². The van der Waals surface area contributed by atoms with Crippen molar-refractivity contribution in [3.63, 3.8) is 0 Å². The van der Waals surface area contributed by atoms with Gasteiger partial charge in [0.2, 0.25) is 0 Å². The van der Waals surface area contributed by atoms with Crippen LogP contribution in [0.1, 0.15) is 16.8 Å². The molecule has 1 amide bonds. The van der Waals surface area contributed by atoms with Gasteiger partial charge in [0.1, 0.15) is 0 Å². The molecule has 1 unspecified atom stereocenters. The first-order chi connectivity index (χ1) is 12.3. The molecule has 26 heavy (non-hydrogen) atoms. The minimum absolute atomic E-state index is 0.113. The molecule has 2 aromatic rings. The minimum atomic E-state index is -2.96. The van der Waals surface area contributed by atoms with E-state index in [-0.39, 0.29) is 23.5 Å². The second-order valence-corrected chi connectivity index (χ2v) is 8.83. The normalized spacial score (nSPS) is 18.3. The zero-order chi connectivity index (χ0) is 18.7. The number of carbonyl (C=O) groups is 1. The molecule has 0 saturated carbocycles. The van der Waals surface area contributed by atoms with E-state index in [9.17, 15) is 13.2 Å². The fourth-order valence-electron chi connectivity index (χ4n) is 2.83. The number of carbonyl (C=O) groups excluding carboxylic acids is 1. The fourth-order valence-corrected chi connectivity index (χ4v) is 4.51. The third-order valence-corrected chi connectivity index (χ3v) is 6.01. The first-order valence-electron chi connectivity index (χ1n) is 8.33. The summed E-state index contributed by atoms with van der Waals surface area (Å²) in [4.78, 5) is 18.5. The Morgan fingerprint density at radius 2 is 1.88 bits per heavy atom. The van der Waals surface area contributed by atoms with Gasteiger partial charge in [0.05, 0.1) is 22.8 Å². The monoisotopic (exact) mass is 374 g/mol. The molecule has 1 aliphatic heterocycles. The van der Waals surface area contributed by atoms with Gasteiger partial charge in [-0.15, -0.1) is 0 Å². The topological polar surface area (TPSA) is 91.4 Å². The molecule has 0 spiro atoms. The third kappa shape index (κ3) is 4.51. The van der Waals surface area contributed by atoms with E-state index in [1.54, 1.807) is 12.3 Å². The van der Waals surface area contributed by atoms with Crippen LogP contribution in [0, 0.1) is 0 Å². The number of nitrogens with one attached hydrogen (secondary N) is 2. The summed E-state index contributed by atoms with van der Waals surface area (Å²) >= 11 is 0. The number of nitrogens with zero attached hydrogens (tertiary/aromatic N) is 2. The van der Waals surface area contributed by atoms with Gasteiger partial charge in [-0.1, -0.05) is 0 Å². The third-order valence-electron chi connectivity index (χ3n) is 4.25. The first-order valence-corrected chi connectivity index (χ1v) is 10.2. The number of aromatic nitrogens is 1. The van der Waals surface area contributed by atoms with Crippen LogP contribution in [-0.2, 0) is 9.84 Å². The number of amides is 1. The van der Waals surface area contributed by atoms with Crippen LogP contribution in [0.25, 0.3) is 0 Å². The van der Waals surface area contributed by atoms with Gasteiger partial charge in [0, 0.05) is 43.9 Å². The van der Waals surface area contributed by atoms with Crippen molar-refractivity contribution < 1.29 is 13.2 Å².